The number of rotatable bonds is 6. The molecular weight excluding hydrogens is 366 g/mol. The molecule has 3 nitrogen and oxygen atoms in total. The zero-order valence-electron chi connectivity index (χ0n) is 14.7. The zero-order valence-corrected chi connectivity index (χ0v) is 16.2. The molecule has 0 atom stereocenters. The van der Waals surface area contributed by atoms with E-state index in [-0.39, 0.29) is 5.91 Å². The molecule has 4 heteroatoms. The maximum Gasteiger partial charge on any atom is 0.259 e. The Morgan fingerprint density at radius 1 is 1.25 bits per heavy atom. The molecule has 0 bridgehead atoms. The van der Waals surface area contributed by atoms with E-state index in [2.05, 4.69) is 42.0 Å². The number of hydrogen-bond acceptors (Lipinski definition) is 2. The number of para-hydroxylation sites is 1. The Morgan fingerprint density at radius 2 is 2.00 bits per heavy atom. The lowest BCUT2D eigenvalue weighted by Gasteiger charge is -2.16. The van der Waals surface area contributed by atoms with Gasteiger partial charge in [0.05, 0.1) is 12.2 Å². The first-order valence-electron chi connectivity index (χ1n) is 8.24. The van der Waals surface area contributed by atoms with Gasteiger partial charge >= 0.3 is 0 Å². The number of nitrogens with one attached hydrogen (secondary N) is 1. The highest BCUT2D eigenvalue weighted by molar-refractivity contribution is 9.10. The summed E-state index contributed by atoms with van der Waals surface area (Å²) in [4.78, 5) is 12.8. The topological polar surface area (TPSA) is 38.3 Å². The number of aryl methyl sites for hydroxylation is 2. The molecule has 2 aromatic carbocycles. The van der Waals surface area contributed by atoms with Crippen LogP contribution < -0.4 is 10.1 Å². The Labute approximate surface area is 152 Å². The second kappa shape index (κ2) is 8.34. The smallest absolute Gasteiger partial charge is 0.259 e. The lowest BCUT2D eigenvalue weighted by molar-refractivity contribution is 0.102. The third-order valence-electron chi connectivity index (χ3n) is 3.74. The summed E-state index contributed by atoms with van der Waals surface area (Å²) >= 11 is 3.44. The molecule has 0 fully saturated rings. The number of anilines is 1. The summed E-state index contributed by atoms with van der Waals surface area (Å²) in [5.74, 6) is 0.850. The van der Waals surface area contributed by atoms with Gasteiger partial charge in [-0.3, -0.25) is 4.79 Å². The molecule has 0 spiro atoms. The molecule has 1 N–H and O–H groups in total. The van der Waals surface area contributed by atoms with Gasteiger partial charge in [0.1, 0.15) is 5.75 Å². The average Bonchev–Trinajstić information content (AvgIpc) is 2.55. The maximum absolute atomic E-state index is 12.8. The second-order valence-electron chi connectivity index (χ2n) is 6.26. The van der Waals surface area contributed by atoms with Crippen molar-refractivity contribution < 1.29 is 9.53 Å². The fraction of sp³-hybridized carbons (Fsp3) is 0.350. The summed E-state index contributed by atoms with van der Waals surface area (Å²) in [6, 6.07) is 11.6. The van der Waals surface area contributed by atoms with Crippen molar-refractivity contribution in [1.29, 1.82) is 0 Å². The molecule has 1 amide bonds. The number of benzene rings is 2. The first-order chi connectivity index (χ1) is 11.4. The zero-order chi connectivity index (χ0) is 17.7. The van der Waals surface area contributed by atoms with E-state index < -0.39 is 0 Å². The Balaban J connectivity index is 2.31. The Morgan fingerprint density at radius 3 is 2.67 bits per heavy atom. The molecule has 0 saturated heterocycles. The van der Waals surface area contributed by atoms with Crippen LogP contribution in [0.1, 0.15) is 42.3 Å². The van der Waals surface area contributed by atoms with Crippen LogP contribution in [0, 0.1) is 12.8 Å². The fourth-order valence-corrected chi connectivity index (χ4v) is 2.81. The maximum atomic E-state index is 12.8. The Bertz CT molecular complexity index is 726. The third kappa shape index (κ3) is 4.60. The number of ether oxygens (including phenoxy) is 1. The Hall–Kier alpha value is -1.81. The van der Waals surface area contributed by atoms with Gasteiger partial charge in [0.2, 0.25) is 0 Å². The highest BCUT2D eigenvalue weighted by Crippen LogP contribution is 2.27. The molecule has 2 rings (SSSR count). The highest BCUT2D eigenvalue weighted by Gasteiger charge is 2.16. The highest BCUT2D eigenvalue weighted by atomic mass is 79.9. The molecule has 0 saturated carbocycles. The minimum atomic E-state index is -0.154. The first kappa shape index (κ1) is 18.5. The van der Waals surface area contributed by atoms with Gasteiger partial charge in [0, 0.05) is 10.2 Å². The third-order valence-corrected chi connectivity index (χ3v) is 4.23. The molecule has 0 aliphatic rings. The minimum absolute atomic E-state index is 0.154. The van der Waals surface area contributed by atoms with Crippen molar-refractivity contribution in [3.8, 4) is 5.75 Å². The summed E-state index contributed by atoms with van der Waals surface area (Å²) in [5, 5.41) is 3.06. The lowest BCUT2D eigenvalue weighted by atomic mass is 10.1. The van der Waals surface area contributed by atoms with E-state index >= 15 is 0 Å². The van der Waals surface area contributed by atoms with Crippen LogP contribution in [0.5, 0.6) is 5.75 Å². The molecule has 0 aliphatic heterocycles. The predicted octanol–water partition coefficient (Wildman–Crippen LogP) is 5.61. The molecule has 0 heterocycles. The monoisotopic (exact) mass is 389 g/mol. The molecule has 2 aromatic rings. The number of carbonyl (C=O) groups is 1. The number of hydrogen-bond donors (Lipinski definition) is 1. The van der Waals surface area contributed by atoms with Crippen LogP contribution in [-0.4, -0.2) is 12.5 Å². The molecular formula is C20H24BrNO2. The SMILES string of the molecule is CCc1cccc(C)c1NC(=O)c1cc(Br)ccc1OCC(C)C. The summed E-state index contributed by atoms with van der Waals surface area (Å²) in [6.45, 7) is 8.83. The quantitative estimate of drug-likeness (QED) is 0.697. The summed E-state index contributed by atoms with van der Waals surface area (Å²) in [6.07, 6.45) is 0.868. The Kier molecular flexibility index (Phi) is 6.44. The van der Waals surface area contributed by atoms with Gasteiger partial charge in [-0.1, -0.05) is 54.9 Å². The van der Waals surface area contributed by atoms with Crippen molar-refractivity contribution in [2.75, 3.05) is 11.9 Å². The van der Waals surface area contributed by atoms with Crippen LogP contribution in [0.4, 0.5) is 5.69 Å². The number of carbonyl (C=O) groups excluding carboxylic acids is 1. The average molecular weight is 390 g/mol. The van der Waals surface area contributed by atoms with Gasteiger partial charge in [-0.05, 0) is 48.6 Å². The van der Waals surface area contributed by atoms with Crippen molar-refractivity contribution in [1.82, 2.24) is 0 Å². The van der Waals surface area contributed by atoms with Crippen molar-refractivity contribution in [2.45, 2.75) is 34.1 Å². The molecule has 128 valence electrons. The standard InChI is InChI=1S/C20H24BrNO2/c1-5-15-8-6-7-14(4)19(15)22-20(23)17-11-16(21)9-10-18(17)24-12-13(2)3/h6-11,13H,5,12H2,1-4H3,(H,22,23). The molecule has 0 radical (unpaired) electrons. The normalized spacial score (nSPS) is 10.8. The van der Waals surface area contributed by atoms with E-state index in [1.807, 2.05) is 37.3 Å². The summed E-state index contributed by atoms with van der Waals surface area (Å²) < 4.78 is 6.67. The van der Waals surface area contributed by atoms with E-state index in [4.69, 9.17) is 4.74 Å². The fourth-order valence-electron chi connectivity index (χ4n) is 2.44. The van der Waals surface area contributed by atoms with Crippen molar-refractivity contribution >= 4 is 27.5 Å². The van der Waals surface area contributed by atoms with Crippen LogP contribution >= 0.6 is 15.9 Å². The molecule has 0 aliphatic carbocycles. The molecule has 24 heavy (non-hydrogen) atoms. The van der Waals surface area contributed by atoms with Crippen LogP contribution in [0.2, 0.25) is 0 Å². The van der Waals surface area contributed by atoms with Gasteiger partial charge < -0.3 is 10.1 Å². The van der Waals surface area contributed by atoms with Crippen LogP contribution in [0.25, 0.3) is 0 Å². The number of amides is 1. The van der Waals surface area contributed by atoms with Crippen molar-refractivity contribution in [3.63, 3.8) is 0 Å². The van der Waals surface area contributed by atoms with Gasteiger partial charge in [-0.25, -0.2) is 0 Å². The van der Waals surface area contributed by atoms with Crippen LogP contribution in [-0.2, 0) is 6.42 Å². The van der Waals surface area contributed by atoms with E-state index in [0.29, 0.717) is 23.8 Å². The summed E-state index contributed by atoms with van der Waals surface area (Å²) in [7, 11) is 0. The van der Waals surface area contributed by atoms with Crippen molar-refractivity contribution in [2.24, 2.45) is 5.92 Å². The second-order valence-corrected chi connectivity index (χ2v) is 7.18. The summed E-state index contributed by atoms with van der Waals surface area (Å²) in [5.41, 5.74) is 3.61. The van der Waals surface area contributed by atoms with Crippen LogP contribution in [0.3, 0.4) is 0 Å². The lowest BCUT2D eigenvalue weighted by Crippen LogP contribution is -2.16. The van der Waals surface area contributed by atoms with Gasteiger partial charge in [0.15, 0.2) is 0 Å². The van der Waals surface area contributed by atoms with E-state index in [9.17, 15) is 4.79 Å². The van der Waals surface area contributed by atoms with Gasteiger partial charge in [-0.2, -0.15) is 0 Å². The minimum Gasteiger partial charge on any atom is -0.492 e. The van der Waals surface area contributed by atoms with Crippen LogP contribution in [0.15, 0.2) is 40.9 Å². The molecule has 0 aromatic heterocycles. The number of halogens is 1. The predicted molar refractivity (Wildman–Crippen MR) is 103 cm³/mol. The molecule has 0 unspecified atom stereocenters. The van der Waals surface area contributed by atoms with Gasteiger partial charge in [0.25, 0.3) is 5.91 Å². The first-order valence-corrected chi connectivity index (χ1v) is 9.03. The largest absolute Gasteiger partial charge is 0.492 e. The van der Waals surface area contributed by atoms with Gasteiger partial charge in [-0.15, -0.1) is 0 Å². The van der Waals surface area contributed by atoms with Crippen molar-refractivity contribution in [3.05, 3.63) is 57.6 Å². The van der Waals surface area contributed by atoms with E-state index in [1.54, 1.807) is 6.07 Å². The van der Waals surface area contributed by atoms with E-state index in [0.717, 1.165) is 27.7 Å². The van der Waals surface area contributed by atoms with E-state index in [1.165, 1.54) is 0 Å².